The van der Waals surface area contributed by atoms with Crippen molar-refractivity contribution >= 4 is 44.8 Å². The monoisotopic (exact) mass is 507 g/mol. The molecule has 0 saturated carbocycles. The molecule has 0 saturated heterocycles. The van der Waals surface area contributed by atoms with Crippen LogP contribution in [0.15, 0.2) is 65.6 Å². The van der Waals surface area contributed by atoms with Gasteiger partial charge >= 0.3 is 0 Å². The van der Waals surface area contributed by atoms with Crippen LogP contribution < -0.4 is 13.8 Å². The summed E-state index contributed by atoms with van der Waals surface area (Å²) in [5, 5.41) is 0.685. The van der Waals surface area contributed by atoms with E-state index >= 15 is 0 Å². The molecule has 9 heteroatoms. The summed E-state index contributed by atoms with van der Waals surface area (Å²) in [6, 6.07) is 15.5. The molecule has 3 aromatic rings. The summed E-state index contributed by atoms with van der Waals surface area (Å²) < 4.78 is 38.8. The maximum Gasteiger partial charge on any atom is 0.281 e. The lowest BCUT2D eigenvalue weighted by Crippen LogP contribution is -2.44. The fourth-order valence-corrected chi connectivity index (χ4v) is 5.08. The molecule has 3 aromatic carbocycles. The van der Waals surface area contributed by atoms with Gasteiger partial charge in [0, 0.05) is 5.02 Å². The van der Waals surface area contributed by atoms with Crippen LogP contribution in [0.1, 0.15) is 18.1 Å². The van der Waals surface area contributed by atoms with Gasteiger partial charge in [-0.25, -0.2) is 8.42 Å². The summed E-state index contributed by atoms with van der Waals surface area (Å²) in [7, 11) is -2.84. The molecule has 0 spiro atoms. The molecule has 1 amide bonds. The minimum Gasteiger partial charge on any atom is -0.495 e. The highest BCUT2D eigenvalue weighted by molar-refractivity contribution is 7.93. The smallest absolute Gasteiger partial charge is 0.281 e. The number of nitrogens with zero attached hydrogens (tertiary/aromatic N) is 1. The van der Waals surface area contributed by atoms with E-state index in [1.54, 1.807) is 37.3 Å². The number of benzene rings is 3. The first kappa shape index (κ1) is 24.9. The van der Waals surface area contributed by atoms with Gasteiger partial charge in [0.25, 0.3) is 15.9 Å². The third kappa shape index (κ3) is 5.43. The highest BCUT2D eigenvalue weighted by Crippen LogP contribution is 2.33. The second-order valence-corrected chi connectivity index (χ2v) is 10.0. The molecule has 0 aliphatic heterocycles. The predicted octanol–water partition coefficient (Wildman–Crippen LogP) is 5.81. The molecule has 1 unspecified atom stereocenters. The molecular formula is C24H23Cl2NO5S. The van der Waals surface area contributed by atoms with E-state index < -0.39 is 22.0 Å². The van der Waals surface area contributed by atoms with Crippen molar-refractivity contribution in [2.75, 3.05) is 11.4 Å². The summed E-state index contributed by atoms with van der Waals surface area (Å²) in [4.78, 5) is 13.5. The number of hydrogen-bond acceptors (Lipinski definition) is 5. The van der Waals surface area contributed by atoms with Gasteiger partial charge in [0.15, 0.2) is 6.10 Å². The lowest BCUT2D eigenvalue weighted by Gasteiger charge is -2.26. The number of hydrogen-bond donors (Lipinski definition) is 0. The quantitative estimate of drug-likeness (QED) is 0.403. The molecule has 0 aliphatic carbocycles. The van der Waals surface area contributed by atoms with E-state index in [2.05, 4.69) is 0 Å². The summed E-state index contributed by atoms with van der Waals surface area (Å²) in [5.74, 6) is -0.0199. The standard InChI is InChI=1S/C24H23Cl2NO5S/c1-15-5-9-20(10-6-15)33(29,30)27(19-8-12-23(31-4)21(26)14-19)24(28)17(3)32-22-11-7-18(25)13-16(22)2/h5-14,17H,1-4H3. The van der Waals surface area contributed by atoms with Crippen molar-refractivity contribution in [3.8, 4) is 11.5 Å². The number of amides is 1. The summed E-state index contributed by atoms with van der Waals surface area (Å²) in [6.45, 7) is 5.11. The van der Waals surface area contributed by atoms with Crippen molar-refractivity contribution in [2.24, 2.45) is 0 Å². The first-order valence-electron chi connectivity index (χ1n) is 9.96. The van der Waals surface area contributed by atoms with Crippen molar-refractivity contribution in [1.82, 2.24) is 0 Å². The molecule has 0 N–H and O–H groups in total. The molecule has 6 nitrogen and oxygen atoms in total. The normalized spacial score (nSPS) is 12.2. The highest BCUT2D eigenvalue weighted by atomic mass is 35.5. The Morgan fingerprint density at radius 3 is 2.15 bits per heavy atom. The van der Waals surface area contributed by atoms with Crippen LogP contribution in [0, 0.1) is 13.8 Å². The van der Waals surface area contributed by atoms with Crippen molar-refractivity contribution < 1.29 is 22.7 Å². The fourth-order valence-electron chi connectivity index (χ4n) is 3.13. The fraction of sp³-hybridized carbons (Fsp3) is 0.208. The van der Waals surface area contributed by atoms with Crippen molar-refractivity contribution in [2.45, 2.75) is 31.8 Å². The Morgan fingerprint density at radius 1 is 0.939 bits per heavy atom. The highest BCUT2D eigenvalue weighted by Gasteiger charge is 2.35. The number of anilines is 1. The maximum absolute atomic E-state index is 13.6. The Labute approximate surface area is 203 Å². The lowest BCUT2D eigenvalue weighted by atomic mass is 10.2. The topological polar surface area (TPSA) is 72.9 Å². The maximum atomic E-state index is 13.6. The van der Waals surface area contributed by atoms with Gasteiger partial charge in [0.2, 0.25) is 0 Å². The average molecular weight is 508 g/mol. The molecular weight excluding hydrogens is 485 g/mol. The summed E-state index contributed by atoms with van der Waals surface area (Å²) >= 11 is 12.2. The molecule has 0 bridgehead atoms. The van der Waals surface area contributed by atoms with Gasteiger partial charge in [-0.3, -0.25) is 4.79 Å². The van der Waals surface area contributed by atoms with Gasteiger partial charge in [-0.15, -0.1) is 0 Å². The van der Waals surface area contributed by atoms with Crippen LogP contribution in [-0.2, 0) is 14.8 Å². The van der Waals surface area contributed by atoms with E-state index in [1.165, 1.54) is 44.4 Å². The number of carbonyl (C=O) groups is 1. The Hall–Kier alpha value is -2.74. The Bertz CT molecular complexity index is 1280. The lowest BCUT2D eigenvalue weighted by molar-refractivity contribution is -0.123. The zero-order valence-corrected chi connectivity index (χ0v) is 20.8. The molecule has 0 radical (unpaired) electrons. The molecule has 0 aliphatic rings. The largest absolute Gasteiger partial charge is 0.495 e. The zero-order valence-electron chi connectivity index (χ0n) is 18.5. The second-order valence-electron chi connectivity index (χ2n) is 7.41. The molecule has 0 aromatic heterocycles. The van der Waals surface area contributed by atoms with Gasteiger partial charge in [-0.2, -0.15) is 4.31 Å². The van der Waals surface area contributed by atoms with Crippen molar-refractivity contribution in [3.05, 3.63) is 81.8 Å². The minimum absolute atomic E-state index is 0.0386. The minimum atomic E-state index is -4.28. The van der Waals surface area contributed by atoms with Crippen LogP contribution in [0.4, 0.5) is 5.69 Å². The number of halogens is 2. The number of rotatable bonds is 7. The number of sulfonamides is 1. The van der Waals surface area contributed by atoms with Crippen LogP contribution in [0.2, 0.25) is 10.0 Å². The second kappa shape index (κ2) is 10.0. The van der Waals surface area contributed by atoms with E-state index in [4.69, 9.17) is 32.7 Å². The van der Waals surface area contributed by atoms with Gasteiger partial charge in [0.05, 0.1) is 22.7 Å². The molecule has 33 heavy (non-hydrogen) atoms. The van der Waals surface area contributed by atoms with E-state index in [-0.39, 0.29) is 15.6 Å². The Morgan fingerprint density at radius 2 is 1.58 bits per heavy atom. The molecule has 3 rings (SSSR count). The van der Waals surface area contributed by atoms with E-state index in [9.17, 15) is 13.2 Å². The van der Waals surface area contributed by atoms with Crippen LogP contribution in [0.5, 0.6) is 11.5 Å². The Kier molecular flexibility index (Phi) is 7.57. The summed E-state index contributed by atoms with van der Waals surface area (Å²) in [5.41, 5.74) is 1.66. The summed E-state index contributed by atoms with van der Waals surface area (Å²) in [6.07, 6.45) is -1.13. The molecule has 1 atom stereocenters. The number of ether oxygens (including phenoxy) is 2. The van der Waals surface area contributed by atoms with Crippen molar-refractivity contribution in [1.29, 1.82) is 0 Å². The number of aryl methyl sites for hydroxylation is 2. The van der Waals surface area contributed by atoms with Crippen LogP contribution in [0.3, 0.4) is 0 Å². The van der Waals surface area contributed by atoms with Gasteiger partial charge in [-0.1, -0.05) is 40.9 Å². The Balaban J connectivity index is 2.06. The first-order chi connectivity index (χ1) is 15.5. The molecule has 0 fully saturated rings. The average Bonchev–Trinajstić information content (AvgIpc) is 2.76. The van der Waals surface area contributed by atoms with Crippen LogP contribution in [0.25, 0.3) is 0 Å². The van der Waals surface area contributed by atoms with Crippen molar-refractivity contribution in [3.63, 3.8) is 0 Å². The van der Waals surface area contributed by atoms with Crippen LogP contribution in [-0.4, -0.2) is 27.5 Å². The van der Waals surface area contributed by atoms with E-state index in [0.717, 1.165) is 5.56 Å². The number of carbonyl (C=O) groups excluding carboxylic acids is 1. The van der Waals surface area contributed by atoms with Gasteiger partial charge < -0.3 is 9.47 Å². The van der Waals surface area contributed by atoms with Gasteiger partial charge in [-0.05, 0) is 74.9 Å². The SMILES string of the molecule is COc1ccc(N(C(=O)C(C)Oc2ccc(Cl)cc2C)S(=O)(=O)c2ccc(C)cc2)cc1Cl. The zero-order chi connectivity index (χ0) is 24.3. The van der Waals surface area contributed by atoms with E-state index in [0.29, 0.717) is 26.4 Å². The first-order valence-corrected chi connectivity index (χ1v) is 12.2. The predicted molar refractivity (Wildman–Crippen MR) is 130 cm³/mol. The van der Waals surface area contributed by atoms with Gasteiger partial charge in [0.1, 0.15) is 11.5 Å². The molecule has 174 valence electrons. The molecule has 0 heterocycles. The number of methoxy groups -OCH3 is 1. The third-order valence-corrected chi connectivity index (χ3v) is 7.19. The van der Waals surface area contributed by atoms with Crippen LogP contribution >= 0.6 is 23.2 Å². The van der Waals surface area contributed by atoms with E-state index in [1.807, 2.05) is 6.92 Å². The third-order valence-electron chi connectivity index (χ3n) is 4.92.